The monoisotopic (exact) mass is 403 g/mol. The zero-order chi connectivity index (χ0) is 20.1. The Balaban J connectivity index is 0.000000660. The van der Waals surface area contributed by atoms with Crippen molar-refractivity contribution in [1.29, 1.82) is 0 Å². The molecule has 1 heterocycles. The summed E-state index contributed by atoms with van der Waals surface area (Å²) >= 11 is 0. The van der Waals surface area contributed by atoms with E-state index in [4.69, 9.17) is 13.0 Å². The summed E-state index contributed by atoms with van der Waals surface area (Å²) in [4.78, 5) is 0. The van der Waals surface area contributed by atoms with Crippen LogP contribution in [0.15, 0.2) is 0 Å². The van der Waals surface area contributed by atoms with E-state index in [-0.39, 0.29) is 0 Å². The Morgan fingerprint density at radius 2 is 1.23 bits per heavy atom. The Hall–Kier alpha value is -0.340. The van der Waals surface area contributed by atoms with Crippen LogP contribution < -0.4 is 0 Å². The molecule has 0 aromatic heterocycles. The van der Waals surface area contributed by atoms with E-state index < -0.39 is 15.6 Å². The van der Waals surface area contributed by atoms with Gasteiger partial charge in [-0.25, -0.2) is 8.42 Å². The van der Waals surface area contributed by atoms with Crippen LogP contribution in [0.4, 0.5) is 13.2 Å². The molecule has 0 saturated carbocycles. The van der Waals surface area contributed by atoms with Crippen molar-refractivity contribution in [2.24, 2.45) is 0 Å². The third-order valence-electron chi connectivity index (χ3n) is 4.98. The van der Waals surface area contributed by atoms with Crippen molar-refractivity contribution in [3.05, 3.63) is 0 Å². The summed E-state index contributed by atoms with van der Waals surface area (Å²) in [7, 11) is -6.09. The predicted octanol–water partition coefficient (Wildman–Crippen LogP) is 5.20. The summed E-state index contributed by atoms with van der Waals surface area (Å²) in [5, 5.41) is 0. The number of hydrogen-bond acceptors (Lipinski definition) is 3. The minimum absolute atomic E-state index is 1.37. The molecule has 1 aliphatic rings. The van der Waals surface area contributed by atoms with Crippen LogP contribution in [0.5, 0.6) is 0 Å². The van der Waals surface area contributed by atoms with Crippen LogP contribution in [0.25, 0.3) is 0 Å². The molecule has 8 heteroatoms. The van der Waals surface area contributed by atoms with Gasteiger partial charge in [-0.15, -0.1) is 0 Å². The second kappa shape index (κ2) is 12.9. The number of halogens is 3. The van der Waals surface area contributed by atoms with E-state index >= 15 is 0 Å². The van der Waals surface area contributed by atoms with Crippen LogP contribution in [-0.2, 0) is 10.1 Å². The summed E-state index contributed by atoms with van der Waals surface area (Å²) in [6.45, 7) is 10.5. The zero-order valence-corrected chi connectivity index (χ0v) is 17.1. The van der Waals surface area contributed by atoms with Crippen LogP contribution in [0.1, 0.15) is 84.5 Å². The Morgan fingerprint density at radius 1 is 0.808 bits per heavy atom. The first-order valence-corrected chi connectivity index (χ1v) is 11.4. The van der Waals surface area contributed by atoms with Gasteiger partial charge in [0.05, 0.1) is 26.2 Å². The van der Waals surface area contributed by atoms with E-state index in [0.29, 0.717) is 0 Å². The highest BCUT2D eigenvalue weighted by molar-refractivity contribution is 7.86. The molecule has 1 fully saturated rings. The molecule has 0 bridgehead atoms. The molecule has 4 nitrogen and oxygen atoms in total. The zero-order valence-electron chi connectivity index (χ0n) is 16.3. The molecule has 0 aliphatic carbocycles. The molecule has 1 saturated heterocycles. The fraction of sp³-hybridized carbons (Fsp3) is 1.00. The van der Waals surface area contributed by atoms with E-state index in [1.165, 1.54) is 101 Å². The Kier molecular flexibility index (Phi) is 12.8. The summed E-state index contributed by atoms with van der Waals surface area (Å²) in [5.74, 6) is 0. The van der Waals surface area contributed by atoms with Gasteiger partial charge in [-0.05, 0) is 19.3 Å². The number of hydrogen-bond donors (Lipinski definition) is 0. The fourth-order valence-electron chi connectivity index (χ4n) is 3.62. The summed E-state index contributed by atoms with van der Waals surface area (Å²) in [6, 6.07) is 0. The SMILES string of the molecule is CCCCCCCCCC[N+]1(CCC)CCCC1.O=S(=O)([O-])C(F)(F)F. The molecule has 0 atom stereocenters. The fourth-order valence-corrected chi connectivity index (χ4v) is 3.62. The largest absolute Gasteiger partial charge is 0.741 e. The molecule has 0 spiro atoms. The second-order valence-electron chi connectivity index (χ2n) is 7.32. The van der Waals surface area contributed by atoms with Gasteiger partial charge in [-0.1, -0.05) is 52.4 Å². The molecule has 0 aromatic rings. The lowest BCUT2D eigenvalue weighted by Crippen LogP contribution is -2.46. The number of quaternary nitrogens is 1. The third kappa shape index (κ3) is 11.4. The van der Waals surface area contributed by atoms with Crippen molar-refractivity contribution in [3.8, 4) is 0 Å². The third-order valence-corrected chi connectivity index (χ3v) is 5.55. The van der Waals surface area contributed by atoms with E-state index in [0.717, 1.165) is 0 Å². The average molecular weight is 404 g/mol. The van der Waals surface area contributed by atoms with Gasteiger partial charge in [0.1, 0.15) is 0 Å². The van der Waals surface area contributed by atoms with Crippen molar-refractivity contribution in [2.75, 3.05) is 26.2 Å². The van der Waals surface area contributed by atoms with Crippen molar-refractivity contribution in [1.82, 2.24) is 0 Å². The molecule has 0 aromatic carbocycles. The highest BCUT2D eigenvalue weighted by Gasteiger charge is 2.37. The number of rotatable bonds is 11. The number of nitrogens with zero attached hydrogens (tertiary/aromatic N) is 1. The van der Waals surface area contributed by atoms with E-state index in [1.807, 2.05) is 0 Å². The maximum atomic E-state index is 10.7. The van der Waals surface area contributed by atoms with Gasteiger partial charge in [-0.2, -0.15) is 13.2 Å². The molecule has 0 N–H and O–H groups in total. The molecule has 0 radical (unpaired) electrons. The topological polar surface area (TPSA) is 57.2 Å². The summed E-state index contributed by atoms with van der Waals surface area (Å²) in [6.07, 6.45) is 16.0. The molecular weight excluding hydrogens is 367 g/mol. The first-order valence-electron chi connectivity index (χ1n) is 9.95. The van der Waals surface area contributed by atoms with E-state index in [2.05, 4.69) is 13.8 Å². The van der Waals surface area contributed by atoms with Crippen molar-refractivity contribution >= 4 is 10.1 Å². The van der Waals surface area contributed by atoms with Crippen LogP contribution in [0, 0.1) is 0 Å². The minimum atomic E-state index is -6.09. The van der Waals surface area contributed by atoms with E-state index in [1.54, 1.807) is 0 Å². The standard InChI is InChI=1S/C17H36N.CHF3O3S/c1-3-5-6-7-8-9-10-11-15-18(14-4-2)16-12-13-17-18;2-1(3,4)8(5,6)7/h3-17H2,1-2H3;(H,5,6,7)/q+1;/p-1. The van der Waals surface area contributed by atoms with Gasteiger partial charge in [0.25, 0.3) is 0 Å². The van der Waals surface area contributed by atoms with Crippen LogP contribution in [0.2, 0.25) is 0 Å². The molecule has 26 heavy (non-hydrogen) atoms. The van der Waals surface area contributed by atoms with Crippen LogP contribution in [0.3, 0.4) is 0 Å². The lowest BCUT2D eigenvalue weighted by Gasteiger charge is -2.34. The molecule has 1 rings (SSSR count). The predicted molar refractivity (Wildman–Crippen MR) is 97.6 cm³/mol. The molecule has 1 aliphatic heterocycles. The van der Waals surface area contributed by atoms with E-state index in [9.17, 15) is 13.2 Å². The first-order chi connectivity index (χ1) is 12.1. The van der Waals surface area contributed by atoms with Gasteiger partial charge in [0.2, 0.25) is 0 Å². The average Bonchev–Trinajstić information content (AvgIpc) is 2.98. The number of unbranched alkanes of at least 4 members (excludes halogenated alkanes) is 7. The highest BCUT2D eigenvalue weighted by atomic mass is 32.2. The van der Waals surface area contributed by atoms with Gasteiger partial charge in [0, 0.05) is 12.8 Å². The minimum Gasteiger partial charge on any atom is -0.741 e. The van der Waals surface area contributed by atoms with Crippen LogP contribution >= 0.6 is 0 Å². The number of alkyl halides is 3. The maximum absolute atomic E-state index is 10.7. The van der Waals surface area contributed by atoms with Crippen molar-refractivity contribution in [2.45, 2.75) is 90.0 Å². The molecular formula is C18H36F3NO3S. The highest BCUT2D eigenvalue weighted by Crippen LogP contribution is 2.22. The summed E-state index contributed by atoms with van der Waals surface area (Å²) in [5.41, 5.74) is -5.65. The van der Waals surface area contributed by atoms with Gasteiger partial charge in [-0.3, -0.25) is 0 Å². The Morgan fingerprint density at radius 3 is 1.62 bits per heavy atom. The van der Waals surface area contributed by atoms with Crippen molar-refractivity contribution in [3.63, 3.8) is 0 Å². The Bertz CT molecular complexity index is 447. The molecule has 0 amide bonds. The first kappa shape index (κ1) is 25.7. The van der Waals surface area contributed by atoms with Gasteiger partial charge in [0.15, 0.2) is 10.1 Å². The Labute approximate surface area is 157 Å². The normalized spacial score (nSPS) is 17.0. The van der Waals surface area contributed by atoms with Gasteiger partial charge < -0.3 is 9.04 Å². The summed E-state index contributed by atoms with van der Waals surface area (Å²) < 4.78 is 60.4. The van der Waals surface area contributed by atoms with Crippen molar-refractivity contribution < 1.29 is 30.6 Å². The smallest absolute Gasteiger partial charge is 0.485 e. The lowest BCUT2D eigenvalue weighted by atomic mass is 10.1. The quantitative estimate of drug-likeness (QED) is 0.206. The second-order valence-corrected chi connectivity index (χ2v) is 8.69. The maximum Gasteiger partial charge on any atom is 0.485 e. The van der Waals surface area contributed by atoms with Gasteiger partial charge >= 0.3 is 5.51 Å². The molecule has 158 valence electrons. The van der Waals surface area contributed by atoms with Crippen LogP contribution in [-0.4, -0.2) is 49.1 Å². The number of likely N-dealkylation sites (tertiary alicyclic amines) is 1. The molecule has 0 unspecified atom stereocenters. The lowest BCUT2D eigenvalue weighted by molar-refractivity contribution is -0.917.